The summed E-state index contributed by atoms with van der Waals surface area (Å²) in [4.78, 5) is 12.3. The minimum atomic E-state index is -0.162. The Balaban J connectivity index is 1.70. The summed E-state index contributed by atoms with van der Waals surface area (Å²) in [6, 6.07) is 0. The Bertz CT molecular complexity index is 984. The molecule has 3 rings (SSSR count). The second-order valence-electron chi connectivity index (χ2n) is 5.83. The Morgan fingerprint density at radius 2 is 1.97 bits per heavy atom. The van der Waals surface area contributed by atoms with Crippen molar-refractivity contribution < 1.29 is 9.53 Å². The number of hydrogen-bond donors (Lipinski definition) is 1. The number of carbonyl (C=O) groups excluding carboxylic acids is 1. The lowest BCUT2D eigenvalue weighted by molar-refractivity contribution is -0.113. The van der Waals surface area contributed by atoms with E-state index in [4.69, 9.17) is 4.74 Å². The molecule has 0 radical (unpaired) electrons. The molecule has 0 unspecified atom stereocenters. The van der Waals surface area contributed by atoms with E-state index < -0.39 is 0 Å². The lowest BCUT2D eigenvalue weighted by atomic mass is 10.3. The SMILES string of the molecule is CCOc1nn(CC)cc1-c1nnc(SCC(=O)Nc2nnc(SCC)s2)n1CC. The minimum Gasteiger partial charge on any atom is -0.476 e. The number of hydrogen-bond acceptors (Lipinski definition) is 10. The van der Waals surface area contributed by atoms with Crippen LogP contribution in [0.5, 0.6) is 5.88 Å². The van der Waals surface area contributed by atoms with E-state index in [2.05, 4.69) is 30.8 Å². The highest BCUT2D eigenvalue weighted by Gasteiger charge is 2.21. The Morgan fingerprint density at radius 1 is 1.13 bits per heavy atom. The molecule has 30 heavy (non-hydrogen) atoms. The van der Waals surface area contributed by atoms with Crippen molar-refractivity contribution in [2.45, 2.75) is 50.3 Å². The fraction of sp³-hybridized carbons (Fsp3) is 0.529. The van der Waals surface area contributed by atoms with E-state index in [9.17, 15) is 4.79 Å². The number of thioether (sulfide) groups is 2. The van der Waals surface area contributed by atoms with Crippen LogP contribution in [0.4, 0.5) is 5.13 Å². The lowest BCUT2D eigenvalue weighted by Crippen LogP contribution is -2.14. The number of nitrogens with one attached hydrogen (secondary N) is 1. The molecule has 13 heteroatoms. The van der Waals surface area contributed by atoms with Crippen LogP contribution < -0.4 is 10.1 Å². The van der Waals surface area contributed by atoms with Gasteiger partial charge in [0.05, 0.1) is 12.4 Å². The zero-order valence-electron chi connectivity index (χ0n) is 17.3. The molecular weight excluding hydrogens is 444 g/mol. The quantitative estimate of drug-likeness (QED) is 0.334. The molecule has 0 aliphatic rings. The van der Waals surface area contributed by atoms with Crippen LogP contribution in [0.1, 0.15) is 27.7 Å². The van der Waals surface area contributed by atoms with Crippen molar-refractivity contribution >= 4 is 45.9 Å². The van der Waals surface area contributed by atoms with E-state index >= 15 is 0 Å². The number of ether oxygens (including phenoxy) is 1. The van der Waals surface area contributed by atoms with Gasteiger partial charge < -0.3 is 9.30 Å². The molecule has 0 saturated heterocycles. The third-order valence-electron chi connectivity index (χ3n) is 3.86. The highest BCUT2D eigenvalue weighted by molar-refractivity contribution is 8.01. The molecule has 3 aromatic heterocycles. The van der Waals surface area contributed by atoms with Gasteiger partial charge in [-0.05, 0) is 26.5 Å². The molecular formula is C17H24N8O2S3. The maximum atomic E-state index is 12.3. The molecule has 10 nitrogen and oxygen atoms in total. The molecule has 0 atom stereocenters. The first-order valence-corrected chi connectivity index (χ1v) is 12.4. The fourth-order valence-corrected chi connectivity index (χ4v) is 5.04. The molecule has 0 spiro atoms. The van der Waals surface area contributed by atoms with E-state index in [1.807, 2.05) is 43.1 Å². The molecule has 1 amide bonds. The van der Waals surface area contributed by atoms with Crippen molar-refractivity contribution in [3.8, 4) is 17.3 Å². The summed E-state index contributed by atoms with van der Waals surface area (Å²) < 4.78 is 10.3. The summed E-state index contributed by atoms with van der Waals surface area (Å²) in [6.07, 6.45) is 1.91. The van der Waals surface area contributed by atoms with Crippen LogP contribution in [0, 0.1) is 0 Å². The zero-order chi connectivity index (χ0) is 21.5. The van der Waals surface area contributed by atoms with Crippen LogP contribution >= 0.6 is 34.9 Å². The van der Waals surface area contributed by atoms with Gasteiger partial charge in [-0.25, -0.2) is 0 Å². The van der Waals surface area contributed by atoms with E-state index in [0.29, 0.717) is 35.1 Å². The largest absolute Gasteiger partial charge is 0.476 e. The summed E-state index contributed by atoms with van der Waals surface area (Å²) >= 11 is 4.29. The summed E-state index contributed by atoms with van der Waals surface area (Å²) in [5.74, 6) is 2.16. The van der Waals surface area contributed by atoms with Gasteiger partial charge in [-0.2, -0.15) is 0 Å². The predicted molar refractivity (Wildman–Crippen MR) is 119 cm³/mol. The topological polar surface area (TPSA) is 113 Å². The van der Waals surface area contributed by atoms with Crippen molar-refractivity contribution in [1.82, 2.24) is 34.7 Å². The van der Waals surface area contributed by atoms with Gasteiger partial charge in [-0.3, -0.25) is 14.8 Å². The Hall–Kier alpha value is -2.12. The summed E-state index contributed by atoms with van der Waals surface area (Å²) in [6.45, 7) is 9.88. The standard InChI is InChI=1S/C17H24N8O2S3/c1-5-24-9-11(14(23-24)27-7-3)13-19-21-16(25(13)6-2)29-10-12(26)18-15-20-22-17(30-15)28-8-4/h9H,5-8,10H2,1-4H3,(H,18,20,26). The van der Waals surface area contributed by atoms with Crippen molar-refractivity contribution in [2.24, 2.45) is 0 Å². The zero-order valence-corrected chi connectivity index (χ0v) is 19.7. The Kier molecular flexibility index (Phi) is 8.10. The summed E-state index contributed by atoms with van der Waals surface area (Å²) in [5.41, 5.74) is 0.791. The van der Waals surface area contributed by atoms with Gasteiger partial charge >= 0.3 is 0 Å². The van der Waals surface area contributed by atoms with Crippen LogP contribution in [-0.4, -0.2) is 58.8 Å². The van der Waals surface area contributed by atoms with E-state index in [0.717, 1.165) is 22.2 Å². The number of aryl methyl sites for hydroxylation is 1. The van der Waals surface area contributed by atoms with E-state index in [1.165, 1.54) is 23.1 Å². The first-order chi connectivity index (χ1) is 14.6. The van der Waals surface area contributed by atoms with Crippen molar-refractivity contribution in [3.63, 3.8) is 0 Å². The molecule has 162 valence electrons. The molecule has 3 heterocycles. The first-order valence-electron chi connectivity index (χ1n) is 9.62. The van der Waals surface area contributed by atoms with Crippen LogP contribution in [0.2, 0.25) is 0 Å². The highest BCUT2D eigenvalue weighted by atomic mass is 32.2. The Labute approximate surface area is 187 Å². The third kappa shape index (κ3) is 5.32. The van der Waals surface area contributed by atoms with Gasteiger partial charge in [-0.15, -0.1) is 25.5 Å². The second kappa shape index (κ2) is 10.8. The van der Waals surface area contributed by atoms with Crippen molar-refractivity contribution in [2.75, 3.05) is 23.4 Å². The minimum absolute atomic E-state index is 0.162. The van der Waals surface area contributed by atoms with E-state index in [-0.39, 0.29) is 11.7 Å². The van der Waals surface area contributed by atoms with Crippen LogP contribution in [0.3, 0.4) is 0 Å². The number of anilines is 1. The number of carbonyl (C=O) groups is 1. The maximum Gasteiger partial charge on any atom is 0.243 e. The normalized spacial score (nSPS) is 11.1. The van der Waals surface area contributed by atoms with Gasteiger partial charge in [-0.1, -0.05) is 41.8 Å². The molecule has 0 saturated carbocycles. The van der Waals surface area contributed by atoms with Crippen LogP contribution in [0.25, 0.3) is 11.4 Å². The summed E-state index contributed by atoms with van der Waals surface area (Å²) in [5, 5.41) is 25.0. The number of rotatable bonds is 11. The maximum absolute atomic E-state index is 12.3. The lowest BCUT2D eigenvalue weighted by Gasteiger charge is -2.07. The predicted octanol–water partition coefficient (Wildman–Crippen LogP) is 3.27. The first kappa shape index (κ1) is 22.6. The smallest absolute Gasteiger partial charge is 0.243 e. The molecule has 0 fully saturated rings. The molecule has 0 aliphatic carbocycles. The van der Waals surface area contributed by atoms with Gasteiger partial charge in [0.2, 0.25) is 16.9 Å². The number of amides is 1. The molecule has 0 aromatic carbocycles. The van der Waals surface area contributed by atoms with Crippen molar-refractivity contribution in [1.29, 1.82) is 0 Å². The average Bonchev–Trinajstić information content (AvgIpc) is 3.45. The summed E-state index contributed by atoms with van der Waals surface area (Å²) in [7, 11) is 0. The molecule has 0 bridgehead atoms. The van der Waals surface area contributed by atoms with Gasteiger partial charge in [0.15, 0.2) is 15.3 Å². The van der Waals surface area contributed by atoms with Crippen molar-refractivity contribution in [3.05, 3.63) is 6.20 Å². The van der Waals surface area contributed by atoms with Gasteiger partial charge in [0, 0.05) is 19.3 Å². The second-order valence-corrected chi connectivity index (χ2v) is 9.26. The Morgan fingerprint density at radius 3 is 2.67 bits per heavy atom. The molecule has 3 aromatic rings. The van der Waals surface area contributed by atoms with Crippen LogP contribution in [-0.2, 0) is 17.9 Å². The monoisotopic (exact) mass is 468 g/mol. The highest BCUT2D eigenvalue weighted by Crippen LogP contribution is 2.31. The number of nitrogens with zero attached hydrogens (tertiary/aromatic N) is 7. The average molecular weight is 469 g/mol. The number of aromatic nitrogens is 7. The third-order valence-corrected chi connectivity index (χ3v) is 6.68. The van der Waals surface area contributed by atoms with Gasteiger partial charge in [0.25, 0.3) is 0 Å². The molecule has 0 aliphatic heterocycles. The van der Waals surface area contributed by atoms with E-state index in [1.54, 1.807) is 11.8 Å². The fourth-order valence-electron chi connectivity index (χ4n) is 2.57. The van der Waals surface area contributed by atoms with Crippen LogP contribution in [0.15, 0.2) is 15.7 Å². The van der Waals surface area contributed by atoms with Gasteiger partial charge in [0.1, 0.15) is 5.56 Å². The molecule has 1 N–H and O–H groups in total.